The molecule has 86 valence electrons. The smallest absolute Gasteiger partial charge is 0.238 e. The number of allylic oxidation sites excluding steroid dienone is 1. The molecule has 1 rings (SSSR count). The van der Waals surface area contributed by atoms with Crippen LogP contribution in [0.2, 0.25) is 0 Å². The number of hydrogen-bond donors (Lipinski definition) is 0. The highest BCUT2D eigenvalue weighted by molar-refractivity contribution is 5.72. The van der Waals surface area contributed by atoms with E-state index >= 15 is 0 Å². The van der Waals surface area contributed by atoms with E-state index in [1.165, 1.54) is 5.06 Å². The van der Waals surface area contributed by atoms with E-state index in [-0.39, 0.29) is 6.10 Å². The first-order chi connectivity index (χ1) is 7.67. The summed E-state index contributed by atoms with van der Waals surface area (Å²) in [4.78, 5) is 16.2. The number of anilines is 1. The Hall–Kier alpha value is -1.61. The van der Waals surface area contributed by atoms with Gasteiger partial charge >= 0.3 is 0 Å². The molecule has 0 saturated carbocycles. The molecule has 0 fully saturated rings. The summed E-state index contributed by atoms with van der Waals surface area (Å²) >= 11 is 0. The minimum atomic E-state index is -0.0274. The molecule has 16 heavy (non-hydrogen) atoms. The van der Waals surface area contributed by atoms with Gasteiger partial charge in [0.15, 0.2) is 0 Å². The summed E-state index contributed by atoms with van der Waals surface area (Å²) in [7, 11) is 0. The molecule has 0 aliphatic carbocycles. The van der Waals surface area contributed by atoms with Crippen molar-refractivity contribution in [3.8, 4) is 0 Å². The molecule has 0 unspecified atom stereocenters. The summed E-state index contributed by atoms with van der Waals surface area (Å²) < 4.78 is 0. The SMILES string of the molecule is C/C=C/c1ccc(N(C=O)OC(C)C)cc1. The lowest BCUT2D eigenvalue weighted by molar-refractivity contribution is -0.115. The molecular weight excluding hydrogens is 202 g/mol. The Kier molecular flexibility index (Phi) is 4.73. The van der Waals surface area contributed by atoms with Crippen molar-refractivity contribution in [1.29, 1.82) is 0 Å². The lowest BCUT2D eigenvalue weighted by Crippen LogP contribution is -2.25. The normalized spacial score (nSPS) is 11.0. The van der Waals surface area contributed by atoms with Gasteiger partial charge in [0.1, 0.15) is 0 Å². The Bertz CT molecular complexity index is 355. The van der Waals surface area contributed by atoms with E-state index in [0.717, 1.165) is 11.3 Å². The molecule has 0 heterocycles. The lowest BCUT2D eigenvalue weighted by atomic mass is 10.2. The molecule has 0 spiro atoms. The zero-order valence-electron chi connectivity index (χ0n) is 9.88. The second kappa shape index (κ2) is 6.08. The van der Waals surface area contributed by atoms with Crippen LogP contribution in [0.5, 0.6) is 0 Å². The quantitative estimate of drug-likeness (QED) is 0.562. The highest BCUT2D eigenvalue weighted by Crippen LogP contribution is 2.16. The molecule has 0 aliphatic rings. The number of amides is 1. The highest BCUT2D eigenvalue weighted by Gasteiger charge is 2.07. The first-order valence-corrected chi connectivity index (χ1v) is 5.31. The van der Waals surface area contributed by atoms with Crippen LogP contribution in [0.1, 0.15) is 26.3 Å². The first kappa shape index (κ1) is 12.5. The maximum Gasteiger partial charge on any atom is 0.238 e. The Morgan fingerprint density at radius 1 is 1.25 bits per heavy atom. The van der Waals surface area contributed by atoms with Gasteiger partial charge < -0.3 is 0 Å². The summed E-state index contributed by atoms with van der Waals surface area (Å²) in [5.74, 6) is 0. The Labute approximate surface area is 96.3 Å². The van der Waals surface area contributed by atoms with Crippen LogP contribution >= 0.6 is 0 Å². The minimum Gasteiger partial charge on any atom is -0.276 e. The van der Waals surface area contributed by atoms with E-state index in [0.29, 0.717) is 6.41 Å². The number of nitrogens with zero attached hydrogens (tertiary/aromatic N) is 1. The van der Waals surface area contributed by atoms with Gasteiger partial charge in [-0.2, -0.15) is 5.06 Å². The van der Waals surface area contributed by atoms with Crippen molar-refractivity contribution in [2.24, 2.45) is 0 Å². The summed E-state index contributed by atoms with van der Waals surface area (Å²) in [5, 5.41) is 1.24. The molecular formula is C13H17NO2. The third kappa shape index (κ3) is 3.51. The van der Waals surface area contributed by atoms with Crippen molar-refractivity contribution in [2.75, 3.05) is 5.06 Å². The molecule has 0 atom stereocenters. The van der Waals surface area contributed by atoms with Crippen molar-refractivity contribution >= 4 is 18.2 Å². The van der Waals surface area contributed by atoms with Crippen LogP contribution in [0.25, 0.3) is 6.08 Å². The molecule has 1 amide bonds. The fraction of sp³-hybridized carbons (Fsp3) is 0.308. The van der Waals surface area contributed by atoms with Crippen LogP contribution in [-0.2, 0) is 9.63 Å². The third-order valence-electron chi connectivity index (χ3n) is 1.93. The molecule has 0 bridgehead atoms. The zero-order chi connectivity index (χ0) is 12.0. The molecule has 1 aromatic rings. The van der Waals surface area contributed by atoms with Crippen LogP contribution in [0.3, 0.4) is 0 Å². The molecule has 0 aliphatic heterocycles. The van der Waals surface area contributed by atoms with E-state index < -0.39 is 0 Å². The van der Waals surface area contributed by atoms with Crippen molar-refractivity contribution in [3.05, 3.63) is 35.9 Å². The second-order valence-corrected chi connectivity index (χ2v) is 3.68. The molecule has 3 nitrogen and oxygen atoms in total. The molecule has 0 N–H and O–H groups in total. The number of rotatable bonds is 5. The zero-order valence-corrected chi connectivity index (χ0v) is 9.88. The van der Waals surface area contributed by atoms with Crippen LogP contribution in [0, 0.1) is 0 Å². The minimum absolute atomic E-state index is 0.0274. The van der Waals surface area contributed by atoms with Gasteiger partial charge in [0.25, 0.3) is 0 Å². The Morgan fingerprint density at radius 2 is 1.88 bits per heavy atom. The number of hydroxylamine groups is 1. The fourth-order valence-corrected chi connectivity index (χ4v) is 1.30. The molecule has 1 aromatic carbocycles. The first-order valence-electron chi connectivity index (χ1n) is 5.31. The Morgan fingerprint density at radius 3 is 2.31 bits per heavy atom. The summed E-state index contributed by atoms with van der Waals surface area (Å²) in [5.41, 5.74) is 1.83. The van der Waals surface area contributed by atoms with Gasteiger partial charge in [-0.3, -0.25) is 9.63 Å². The van der Waals surface area contributed by atoms with Gasteiger partial charge in [-0.1, -0.05) is 24.3 Å². The van der Waals surface area contributed by atoms with Crippen molar-refractivity contribution in [1.82, 2.24) is 0 Å². The Balaban J connectivity index is 2.81. The topological polar surface area (TPSA) is 29.5 Å². The lowest BCUT2D eigenvalue weighted by Gasteiger charge is -2.19. The number of carbonyl (C=O) groups is 1. The van der Waals surface area contributed by atoms with E-state index in [2.05, 4.69) is 0 Å². The van der Waals surface area contributed by atoms with Crippen LogP contribution in [0.15, 0.2) is 30.3 Å². The third-order valence-corrected chi connectivity index (χ3v) is 1.93. The maximum absolute atomic E-state index is 10.8. The average molecular weight is 219 g/mol. The van der Waals surface area contributed by atoms with E-state index in [1.54, 1.807) is 0 Å². The molecule has 0 aromatic heterocycles. The summed E-state index contributed by atoms with van der Waals surface area (Å²) in [6.07, 6.45) is 4.61. The van der Waals surface area contributed by atoms with Gasteiger partial charge in [-0.05, 0) is 38.5 Å². The van der Waals surface area contributed by atoms with Gasteiger partial charge in [0, 0.05) is 0 Å². The molecule has 0 radical (unpaired) electrons. The summed E-state index contributed by atoms with van der Waals surface area (Å²) in [6, 6.07) is 7.59. The highest BCUT2D eigenvalue weighted by atomic mass is 16.7. The van der Waals surface area contributed by atoms with E-state index in [9.17, 15) is 4.79 Å². The van der Waals surface area contributed by atoms with Crippen molar-refractivity contribution < 1.29 is 9.63 Å². The van der Waals surface area contributed by atoms with Gasteiger partial charge in [0.2, 0.25) is 6.41 Å². The fourth-order valence-electron chi connectivity index (χ4n) is 1.30. The van der Waals surface area contributed by atoms with Gasteiger partial charge in [-0.15, -0.1) is 0 Å². The standard InChI is InChI=1S/C13H17NO2/c1-4-5-12-6-8-13(9-7-12)14(10-15)16-11(2)3/h4-11H,1-3H3/b5-4+. The number of benzene rings is 1. The molecule has 3 heteroatoms. The predicted octanol–water partition coefficient (Wildman–Crippen LogP) is 3.02. The van der Waals surface area contributed by atoms with Crippen molar-refractivity contribution in [2.45, 2.75) is 26.9 Å². The monoisotopic (exact) mass is 219 g/mol. The van der Waals surface area contributed by atoms with Gasteiger partial charge in [0.05, 0.1) is 11.8 Å². The van der Waals surface area contributed by atoms with Gasteiger partial charge in [-0.25, -0.2) is 0 Å². The van der Waals surface area contributed by atoms with E-state index in [1.807, 2.05) is 57.2 Å². The van der Waals surface area contributed by atoms with Crippen LogP contribution < -0.4 is 5.06 Å². The second-order valence-electron chi connectivity index (χ2n) is 3.68. The van der Waals surface area contributed by atoms with Crippen molar-refractivity contribution in [3.63, 3.8) is 0 Å². The van der Waals surface area contributed by atoms with Crippen LogP contribution in [0.4, 0.5) is 5.69 Å². The average Bonchev–Trinajstić information content (AvgIpc) is 2.27. The number of carbonyl (C=O) groups excluding carboxylic acids is 1. The van der Waals surface area contributed by atoms with Crippen LogP contribution in [-0.4, -0.2) is 12.5 Å². The van der Waals surface area contributed by atoms with E-state index in [4.69, 9.17) is 4.84 Å². The summed E-state index contributed by atoms with van der Waals surface area (Å²) in [6.45, 7) is 5.73. The predicted molar refractivity (Wildman–Crippen MR) is 65.9 cm³/mol. The maximum atomic E-state index is 10.8. The number of hydrogen-bond acceptors (Lipinski definition) is 2. The largest absolute Gasteiger partial charge is 0.276 e. The molecule has 0 saturated heterocycles.